The Morgan fingerprint density at radius 1 is 1.10 bits per heavy atom. The predicted octanol–water partition coefficient (Wildman–Crippen LogP) is 5.30. The highest BCUT2D eigenvalue weighted by Crippen LogP contribution is 2.40. The summed E-state index contributed by atoms with van der Waals surface area (Å²) in [7, 11) is 2.10. The highest BCUT2D eigenvalue weighted by molar-refractivity contribution is 5.18. The summed E-state index contributed by atoms with van der Waals surface area (Å²) in [4.78, 5) is 0. The van der Waals surface area contributed by atoms with Gasteiger partial charge in [-0.2, -0.15) is 0 Å². The number of aromatic nitrogens is 1. The smallest absolute Gasteiger partial charge is 0.0361 e. The van der Waals surface area contributed by atoms with E-state index in [-0.39, 0.29) is 0 Å². The first kappa shape index (κ1) is 16.6. The molecule has 1 heterocycles. The van der Waals surface area contributed by atoms with Crippen molar-refractivity contribution < 1.29 is 0 Å². The largest absolute Gasteiger partial charge is 0.354 e. The summed E-state index contributed by atoms with van der Waals surface area (Å²) in [5, 5.41) is 3.48. The van der Waals surface area contributed by atoms with E-state index >= 15 is 0 Å². The fourth-order valence-electron chi connectivity index (χ4n) is 3.31. The minimum absolute atomic E-state index is 0.588. The maximum absolute atomic E-state index is 3.48. The second-order valence-electron chi connectivity index (χ2n) is 6.76. The third kappa shape index (κ3) is 5.86. The topological polar surface area (TPSA) is 17.0 Å². The molecule has 1 N–H and O–H groups in total. The molecule has 0 bridgehead atoms. The Hall–Kier alpha value is -0.760. The molecule has 0 saturated heterocycles. The molecule has 1 fully saturated rings. The summed E-state index contributed by atoms with van der Waals surface area (Å²) < 4.78 is 2.39. The Balaban J connectivity index is 1.57. The van der Waals surface area contributed by atoms with Gasteiger partial charge >= 0.3 is 0 Å². The molecule has 1 saturated carbocycles. The van der Waals surface area contributed by atoms with E-state index in [4.69, 9.17) is 0 Å². The average molecular weight is 290 g/mol. The van der Waals surface area contributed by atoms with Gasteiger partial charge in [0.1, 0.15) is 0 Å². The third-order valence-corrected chi connectivity index (χ3v) is 4.81. The molecule has 120 valence electrons. The molecule has 0 aromatic carbocycles. The van der Waals surface area contributed by atoms with Crippen LogP contribution in [0.5, 0.6) is 0 Å². The first-order valence-corrected chi connectivity index (χ1v) is 9.18. The van der Waals surface area contributed by atoms with Crippen molar-refractivity contribution in [3.05, 3.63) is 24.0 Å². The minimum atomic E-state index is 0.588. The lowest BCUT2D eigenvalue weighted by Gasteiger charge is -2.13. The fraction of sp³-hybridized carbons (Fsp3) is 0.789. The van der Waals surface area contributed by atoms with Gasteiger partial charge in [-0.05, 0) is 43.9 Å². The van der Waals surface area contributed by atoms with E-state index in [2.05, 4.69) is 42.3 Å². The van der Waals surface area contributed by atoms with E-state index in [1.165, 1.54) is 76.3 Å². The molecule has 0 aliphatic heterocycles. The molecule has 0 radical (unpaired) electrons. The van der Waals surface area contributed by atoms with Gasteiger partial charge in [0.15, 0.2) is 0 Å². The van der Waals surface area contributed by atoms with Crippen molar-refractivity contribution in [1.82, 2.24) is 9.88 Å². The standard InChI is InChI=1S/C19H34N2/c1-3-4-5-6-7-8-9-10-14-21-15-13-18(16-21)19(20-2)17-11-12-17/h13,15-17,19-20H,3-12,14H2,1-2H3. The SMILES string of the molecule is CCCCCCCCCCn1ccc(C(NC)C2CC2)c1. The molecule has 2 nitrogen and oxygen atoms in total. The van der Waals surface area contributed by atoms with E-state index in [1.807, 2.05) is 0 Å². The highest BCUT2D eigenvalue weighted by Gasteiger charge is 2.31. The van der Waals surface area contributed by atoms with E-state index < -0.39 is 0 Å². The van der Waals surface area contributed by atoms with E-state index in [1.54, 1.807) is 0 Å². The molecular weight excluding hydrogens is 256 g/mol. The molecular formula is C19H34N2. The van der Waals surface area contributed by atoms with Crippen LogP contribution in [0.15, 0.2) is 18.5 Å². The maximum atomic E-state index is 3.48. The van der Waals surface area contributed by atoms with Crippen molar-refractivity contribution in [2.24, 2.45) is 5.92 Å². The van der Waals surface area contributed by atoms with Crippen LogP contribution >= 0.6 is 0 Å². The van der Waals surface area contributed by atoms with Crippen molar-refractivity contribution >= 4 is 0 Å². The van der Waals surface area contributed by atoms with Crippen molar-refractivity contribution in [2.75, 3.05) is 7.05 Å². The van der Waals surface area contributed by atoms with Gasteiger partial charge in [-0.15, -0.1) is 0 Å². The molecule has 1 aromatic rings. The quantitative estimate of drug-likeness (QED) is 0.517. The third-order valence-electron chi connectivity index (χ3n) is 4.81. The zero-order valence-electron chi connectivity index (χ0n) is 14.1. The molecule has 1 atom stereocenters. The van der Waals surface area contributed by atoms with Crippen LogP contribution in [0.1, 0.15) is 82.7 Å². The van der Waals surface area contributed by atoms with Crippen LogP contribution in [0.2, 0.25) is 0 Å². The normalized spacial score (nSPS) is 16.3. The number of aryl methyl sites for hydroxylation is 1. The van der Waals surface area contributed by atoms with Crippen LogP contribution in [-0.4, -0.2) is 11.6 Å². The first-order chi connectivity index (χ1) is 10.3. The van der Waals surface area contributed by atoms with Crippen molar-refractivity contribution in [2.45, 2.75) is 83.7 Å². The van der Waals surface area contributed by atoms with Crippen LogP contribution in [-0.2, 0) is 6.54 Å². The molecule has 0 spiro atoms. The maximum Gasteiger partial charge on any atom is 0.0361 e. The Morgan fingerprint density at radius 3 is 2.38 bits per heavy atom. The number of rotatable bonds is 12. The summed E-state index contributed by atoms with van der Waals surface area (Å²) in [6, 6.07) is 2.90. The summed E-state index contributed by atoms with van der Waals surface area (Å²) in [6.07, 6.45) is 18.6. The Bertz CT molecular complexity index is 379. The number of hydrogen-bond acceptors (Lipinski definition) is 1. The molecule has 2 rings (SSSR count). The Labute approximate surface area is 131 Å². The van der Waals surface area contributed by atoms with E-state index in [0.29, 0.717) is 6.04 Å². The second kappa shape index (κ2) is 9.30. The monoisotopic (exact) mass is 290 g/mol. The van der Waals surface area contributed by atoms with Crippen molar-refractivity contribution in [3.8, 4) is 0 Å². The summed E-state index contributed by atoms with van der Waals surface area (Å²) in [5.74, 6) is 0.883. The average Bonchev–Trinajstić information content (AvgIpc) is 3.22. The van der Waals surface area contributed by atoms with Gasteiger partial charge in [-0.3, -0.25) is 0 Å². The Kier molecular flexibility index (Phi) is 7.35. The summed E-state index contributed by atoms with van der Waals surface area (Å²) in [6.45, 7) is 3.48. The molecule has 0 amide bonds. The van der Waals surface area contributed by atoms with Gasteiger partial charge in [-0.25, -0.2) is 0 Å². The molecule has 2 heteroatoms. The zero-order chi connectivity index (χ0) is 14.9. The molecule has 1 aliphatic carbocycles. The second-order valence-corrected chi connectivity index (χ2v) is 6.76. The lowest BCUT2D eigenvalue weighted by Crippen LogP contribution is -2.17. The van der Waals surface area contributed by atoms with Crippen molar-refractivity contribution in [1.29, 1.82) is 0 Å². The Morgan fingerprint density at radius 2 is 1.76 bits per heavy atom. The summed E-state index contributed by atoms with van der Waals surface area (Å²) in [5.41, 5.74) is 1.49. The number of hydrogen-bond donors (Lipinski definition) is 1. The number of nitrogens with zero attached hydrogens (tertiary/aromatic N) is 1. The van der Waals surface area contributed by atoms with Gasteiger partial charge < -0.3 is 9.88 Å². The van der Waals surface area contributed by atoms with Crippen LogP contribution in [0.4, 0.5) is 0 Å². The van der Waals surface area contributed by atoms with E-state index in [0.717, 1.165) is 5.92 Å². The zero-order valence-corrected chi connectivity index (χ0v) is 14.1. The van der Waals surface area contributed by atoms with Crippen LogP contribution < -0.4 is 5.32 Å². The van der Waals surface area contributed by atoms with Crippen LogP contribution in [0, 0.1) is 5.92 Å². The van der Waals surface area contributed by atoms with Gasteiger partial charge in [-0.1, -0.05) is 51.9 Å². The van der Waals surface area contributed by atoms with Gasteiger partial charge in [0.25, 0.3) is 0 Å². The van der Waals surface area contributed by atoms with Gasteiger partial charge in [0.2, 0.25) is 0 Å². The lowest BCUT2D eigenvalue weighted by molar-refractivity contribution is 0.522. The van der Waals surface area contributed by atoms with Crippen LogP contribution in [0.3, 0.4) is 0 Å². The van der Waals surface area contributed by atoms with Gasteiger partial charge in [0.05, 0.1) is 0 Å². The molecule has 1 unspecified atom stereocenters. The first-order valence-electron chi connectivity index (χ1n) is 9.18. The van der Waals surface area contributed by atoms with Crippen LogP contribution in [0.25, 0.3) is 0 Å². The highest BCUT2D eigenvalue weighted by atomic mass is 15.0. The molecule has 1 aromatic heterocycles. The molecule has 21 heavy (non-hydrogen) atoms. The lowest BCUT2D eigenvalue weighted by atomic mass is 10.1. The fourth-order valence-corrected chi connectivity index (χ4v) is 3.31. The van der Waals surface area contributed by atoms with E-state index in [9.17, 15) is 0 Å². The van der Waals surface area contributed by atoms with Crippen molar-refractivity contribution in [3.63, 3.8) is 0 Å². The summed E-state index contributed by atoms with van der Waals surface area (Å²) >= 11 is 0. The van der Waals surface area contributed by atoms with Gasteiger partial charge in [0, 0.05) is 25.0 Å². The predicted molar refractivity (Wildman–Crippen MR) is 91.6 cm³/mol. The number of nitrogens with one attached hydrogen (secondary N) is 1. The number of unbranched alkanes of at least 4 members (excludes halogenated alkanes) is 7. The minimum Gasteiger partial charge on any atom is -0.354 e. The molecule has 1 aliphatic rings.